The minimum atomic E-state index is -1.03. The van der Waals surface area contributed by atoms with E-state index in [1.165, 1.54) is 16.7 Å². The van der Waals surface area contributed by atoms with E-state index in [-0.39, 0.29) is 10.8 Å². The number of rotatable bonds is 2. The second-order valence-corrected chi connectivity index (χ2v) is 8.96. The Balaban J connectivity index is 2.10. The third-order valence-electron chi connectivity index (χ3n) is 4.09. The van der Waals surface area contributed by atoms with Gasteiger partial charge in [-0.15, -0.1) is 0 Å². The first kappa shape index (κ1) is 15.4. The van der Waals surface area contributed by atoms with Crippen LogP contribution in [-0.4, -0.2) is 19.8 Å². The van der Waals surface area contributed by atoms with Crippen molar-refractivity contribution in [2.75, 3.05) is 6.54 Å². The van der Waals surface area contributed by atoms with Crippen LogP contribution >= 0.6 is 0 Å². The van der Waals surface area contributed by atoms with Gasteiger partial charge in [0.15, 0.2) is 0 Å². The molecule has 2 aromatic rings. The lowest BCUT2D eigenvalue weighted by Crippen LogP contribution is -2.43. The van der Waals surface area contributed by atoms with Crippen LogP contribution in [0, 0.1) is 0 Å². The summed E-state index contributed by atoms with van der Waals surface area (Å²) in [5.41, 5.74) is 3.88. The Morgan fingerprint density at radius 3 is 2.32 bits per heavy atom. The lowest BCUT2D eigenvalue weighted by atomic mass is 9.90. The van der Waals surface area contributed by atoms with Gasteiger partial charge in [-0.1, -0.05) is 54.6 Å². The van der Waals surface area contributed by atoms with E-state index in [4.69, 9.17) is 0 Å². The Kier molecular flexibility index (Phi) is 4.20. The van der Waals surface area contributed by atoms with Crippen LogP contribution in [0.5, 0.6) is 0 Å². The molecule has 0 fully saturated rings. The van der Waals surface area contributed by atoms with Crippen LogP contribution < -0.4 is 0 Å². The topological polar surface area (TPSA) is 20.3 Å². The van der Waals surface area contributed by atoms with Gasteiger partial charge in [0, 0.05) is 6.54 Å². The molecule has 2 nitrogen and oxygen atoms in total. The minimum absolute atomic E-state index is 0.0752. The fourth-order valence-corrected chi connectivity index (χ4v) is 4.44. The third kappa shape index (κ3) is 2.88. The highest BCUT2D eigenvalue weighted by Gasteiger charge is 2.36. The van der Waals surface area contributed by atoms with E-state index in [0.29, 0.717) is 0 Å². The molecule has 0 aliphatic carbocycles. The van der Waals surface area contributed by atoms with E-state index < -0.39 is 11.0 Å². The highest BCUT2D eigenvalue weighted by atomic mass is 32.2. The molecule has 0 spiro atoms. The second kappa shape index (κ2) is 5.98. The van der Waals surface area contributed by atoms with Crippen molar-refractivity contribution in [3.05, 3.63) is 71.3 Å². The summed E-state index contributed by atoms with van der Waals surface area (Å²) in [6, 6.07) is 19.1. The maximum Gasteiger partial charge on any atom is 0.101 e. The molecule has 0 bridgehead atoms. The molecule has 0 N–H and O–H groups in total. The van der Waals surface area contributed by atoms with Gasteiger partial charge < -0.3 is 0 Å². The molecule has 22 heavy (non-hydrogen) atoms. The summed E-state index contributed by atoms with van der Waals surface area (Å²) in [6.45, 7) is 6.98. The molecule has 0 aromatic heterocycles. The van der Waals surface area contributed by atoms with Crippen molar-refractivity contribution in [2.45, 2.75) is 38.0 Å². The number of benzene rings is 2. The van der Waals surface area contributed by atoms with Crippen LogP contribution in [0.1, 0.15) is 43.5 Å². The standard InChI is InChI=1S/C19H23NOS/c1-19(2,3)22(21)20-14-13-15-9-7-8-12-17(15)18(20)16-10-5-4-6-11-16/h4-12,18H,13-14H2,1-3H3/t18-,22+/m0/s1. The highest BCUT2D eigenvalue weighted by molar-refractivity contribution is 7.84. The summed E-state index contributed by atoms with van der Waals surface area (Å²) in [4.78, 5) is 0. The molecule has 0 unspecified atom stereocenters. The Morgan fingerprint density at radius 1 is 1.00 bits per heavy atom. The second-order valence-electron chi connectivity index (χ2n) is 6.76. The SMILES string of the molecule is CC(C)(C)[S@@](=O)N1CCc2ccccc2[C@@H]1c1ccccc1. The zero-order chi connectivity index (χ0) is 15.7. The van der Waals surface area contributed by atoms with Crippen molar-refractivity contribution in [3.8, 4) is 0 Å². The Hall–Kier alpha value is -1.45. The zero-order valence-corrected chi connectivity index (χ0v) is 14.3. The Morgan fingerprint density at radius 2 is 1.64 bits per heavy atom. The number of fused-ring (bicyclic) bond motifs is 1. The maximum atomic E-state index is 13.1. The molecule has 2 atom stereocenters. The molecular weight excluding hydrogens is 290 g/mol. The highest BCUT2D eigenvalue weighted by Crippen LogP contribution is 2.37. The maximum absolute atomic E-state index is 13.1. The van der Waals surface area contributed by atoms with Gasteiger partial charge in [0.2, 0.25) is 0 Å². The van der Waals surface area contributed by atoms with Crippen molar-refractivity contribution >= 4 is 11.0 Å². The molecule has 3 heteroatoms. The molecule has 0 saturated carbocycles. The number of hydrogen-bond acceptors (Lipinski definition) is 1. The van der Waals surface area contributed by atoms with Crippen LogP contribution in [0.2, 0.25) is 0 Å². The third-order valence-corrected chi connectivity index (χ3v) is 5.96. The van der Waals surface area contributed by atoms with Gasteiger partial charge in [-0.25, -0.2) is 8.51 Å². The average Bonchev–Trinajstić information content (AvgIpc) is 2.53. The summed E-state index contributed by atoms with van der Waals surface area (Å²) in [7, 11) is -1.03. The predicted octanol–water partition coefficient (Wildman–Crippen LogP) is 4.10. The molecule has 116 valence electrons. The van der Waals surface area contributed by atoms with E-state index in [2.05, 4.69) is 52.8 Å². The van der Waals surface area contributed by atoms with Crippen LogP contribution in [0.15, 0.2) is 54.6 Å². The molecule has 1 heterocycles. The van der Waals surface area contributed by atoms with Crippen molar-refractivity contribution in [1.29, 1.82) is 0 Å². The van der Waals surface area contributed by atoms with Crippen LogP contribution in [0.4, 0.5) is 0 Å². The van der Waals surface area contributed by atoms with Gasteiger partial charge in [-0.3, -0.25) is 0 Å². The lowest BCUT2D eigenvalue weighted by molar-refractivity contribution is 0.358. The average molecular weight is 313 g/mol. The van der Waals surface area contributed by atoms with Gasteiger partial charge >= 0.3 is 0 Å². The van der Waals surface area contributed by atoms with Crippen molar-refractivity contribution < 1.29 is 4.21 Å². The van der Waals surface area contributed by atoms with Gasteiger partial charge in [0.05, 0.1) is 10.8 Å². The molecule has 3 rings (SSSR count). The summed E-state index contributed by atoms with van der Waals surface area (Å²) < 4.78 is 15.0. The van der Waals surface area contributed by atoms with Gasteiger partial charge in [-0.05, 0) is 43.9 Å². The van der Waals surface area contributed by atoms with Gasteiger partial charge in [0.25, 0.3) is 0 Å². The first-order valence-corrected chi connectivity index (χ1v) is 8.90. The fraction of sp³-hybridized carbons (Fsp3) is 0.368. The summed E-state index contributed by atoms with van der Waals surface area (Å²) in [5, 5.41) is 0. The van der Waals surface area contributed by atoms with Crippen molar-refractivity contribution in [1.82, 2.24) is 4.31 Å². The first-order chi connectivity index (χ1) is 10.5. The van der Waals surface area contributed by atoms with Crippen molar-refractivity contribution in [3.63, 3.8) is 0 Å². The summed E-state index contributed by atoms with van der Waals surface area (Å²) in [5.74, 6) is 0. The molecule has 0 radical (unpaired) electrons. The summed E-state index contributed by atoms with van der Waals surface area (Å²) >= 11 is 0. The quantitative estimate of drug-likeness (QED) is 0.817. The molecule has 2 aromatic carbocycles. The molecule has 1 aliphatic rings. The largest absolute Gasteiger partial charge is 0.242 e. The minimum Gasteiger partial charge on any atom is -0.242 e. The number of nitrogens with zero attached hydrogens (tertiary/aromatic N) is 1. The van der Waals surface area contributed by atoms with Gasteiger partial charge in [-0.2, -0.15) is 0 Å². The Labute approximate surface area is 135 Å². The number of hydrogen-bond donors (Lipinski definition) is 0. The van der Waals surface area contributed by atoms with E-state index in [9.17, 15) is 4.21 Å². The fourth-order valence-electron chi connectivity index (χ4n) is 3.06. The van der Waals surface area contributed by atoms with E-state index >= 15 is 0 Å². The van der Waals surface area contributed by atoms with Crippen molar-refractivity contribution in [2.24, 2.45) is 0 Å². The van der Waals surface area contributed by atoms with Gasteiger partial charge in [0.1, 0.15) is 11.0 Å². The normalized spacial score (nSPS) is 20.4. The molecular formula is C19H23NOS. The zero-order valence-electron chi connectivity index (χ0n) is 13.5. The summed E-state index contributed by atoms with van der Waals surface area (Å²) in [6.07, 6.45) is 0.960. The van der Waals surface area contributed by atoms with E-state index in [1.807, 2.05) is 26.8 Å². The van der Waals surface area contributed by atoms with Crippen LogP contribution in [-0.2, 0) is 17.4 Å². The van der Waals surface area contributed by atoms with Crippen LogP contribution in [0.3, 0.4) is 0 Å². The predicted molar refractivity (Wildman–Crippen MR) is 93.0 cm³/mol. The van der Waals surface area contributed by atoms with Crippen LogP contribution in [0.25, 0.3) is 0 Å². The molecule has 1 aliphatic heterocycles. The smallest absolute Gasteiger partial charge is 0.101 e. The lowest BCUT2D eigenvalue weighted by Gasteiger charge is -2.39. The van der Waals surface area contributed by atoms with E-state index in [1.54, 1.807) is 0 Å². The molecule has 0 amide bonds. The molecule has 0 saturated heterocycles. The van der Waals surface area contributed by atoms with E-state index in [0.717, 1.165) is 13.0 Å². The first-order valence-electron chi connectivity index (χ1n) is 7.80. The monoisotopic (exact) mass is 313 g/mol. The Bertz CT molecular complexity index is 675.